The molecule has 2 N–H and O–H groups in total. The number of nitrogens with zero attached hydrogens (tertiary/aromatic N) is 3. The van der Waals surface area contributed by atoms with Crippen molar-refractivity contribution >= 4 is 28.9 Å². The quantitative estimate of drug-likeness (QED) is 0.716. The summed E-state index contributed by atoms with van der Waals surface area (Å²) in [5.74, 6) is 1.42. The highest BCUT2D eigenvalue weighted by atomic mass is 35.5. The lowest BCUT2D eigenvalue weighted by Crippen LogP contribution is -2.04. The van der Waals surface area contributed by atoms with Crippen molar-refractivity contribution in [3.63, 3.8) is 0 Å². The zero-order chi connectivity index (χ0) is 16.9. The minimum atomic E-state index is 0.647. The molecule has 0 fully saturated rings. The summed E-state index contributed by atoms with van der Waals surface area (Å²) in [6, 6.07) is 9.78. The molecule has 0 saturated carbocycles. The van der Waals surface area contributed by atoms with Crippen LogP contribution in [0.3, 0.4) is 0 Å². The lowest BCUT2D eigenvalue weighted by molar-refractivity contribution is 1.07. The third kappa shape index (κ3) is 4.00. The van der Waals surface area contributed by atoms with E-state index < -0.39 is 0 Å². The molecular weight excluding hydrogens is 322 g/mol. The Labute approximate surface area is 146 Å². The summed E-state index contributed by atoms with van der Waals surface area (Å²) in [4.78, 5) is 12.6. The molecule has 0 unspecified atom stereocenters. The third-order valence-corrected chi connectivity index (χ3v) is 3.85. The highest BCUT2D eigenvalue weighted by molar-refractivity contribution is 6.33. The van der Waals surface area contributed by atoms with E-state index in [0.29, 0.717) is 17.4 Å². The molecule has 2 heterocycles. The van der Waals surface area contributed by atoms with Crippen molar-refractivity contribution in [3.8, 4) is 0 Å². The van der Waals surface area contributed by atoms with Gasteiger partial charge in [-0.15, -0.1) is 0 Å². The van der Waals surface area contributed by atoms with E-state index in [4.69, 9.17) is 11.6 Å². The summed E-state index contributed by atoms with van der Waals surface area (Å²) in [6.45, 7) is 4.69. The molecular formula is C18H18ClN5. The average molecular weight is 340 g/mol. The number of aryl methyl sites for hydroxylation is 2. The Morgan fingerprint density at radius 3 is 2.67 bits per heavy atom. The minimum Gasteiger partial charge on any atom is -0.366 e. The van der Waals surface area contributed by atoms with E-state index >= 15 is 0 Å². The predicted molar refractivity (Wildman–Crippen MR) is 97.8 cm³/mol. The van der Waals surface area contributed by atoms with Gasteiger partial charge in [0, 0.05) is 25.0 Å². The lowest BCUT2D eigenvalue weighted by Gasteiger charge is -2.13. The van der Waals surface area contributed by atoms with Gasteiger partial charge < -0.3 is 10.6 Å². The monoisotopic (exact) mass is 339 g/mol. The number of nitrogens with one attached hydrogen (secondary N) is 2. The van der Waals surface area contributed by atoms with Crippen LogP contribution in [0.1, 0.15) is 16.7 Å². The van der Waals surface area contributed by atoms with Crippen LogP contribution in [0.4, 0.5) is 17.3 Å². The largest absolute Gasteiger partial charge is 0.366 e. The van der Waals surface area contributed by atoms with Gasteiger partial charge in [0.05, 0.1) is 10.7 Å². The number of aromatic nitrogens is 3. The average Bonchev–Trinajstić information content (AvgIpc) is 2.58. The molecule has 0 bridgehead atoms. The van der Waals surface area contributed by atoms with Gasteiger partial charge in [-0.2, -0.15) is 0 Å². The fourth-order valence-corrected chi connectivity index (χ4v) is 2.79. The summed E-state index contributed by atoms with van der Waals surface area (Å²) in [7, 11) is 0. The molecule has 3 aromatic rings. The summed E-state index contributed by atoms with van der Waals surface area (Å²) >= 11 is 6.34. The van der Waals surface area contributed by atoms with Crippen molar-refractivity contribution in [2.24, 2.45) is 0 Å². The van der Waals surface area contributed by atoms with Crippen molar-refractivity contribution in [2.45, 2.75) is 20.4 Å². The van der Waals surface area contributed by atoms with Crippen LogP contribution in [0.2, 0.25) is 5.02 Å². The molecule has 24 heavy (non-hydrogen) atoms. The summed E-state index contributed by atoms with van der Waals surface area (Å²) in [6.07, 6.45) is 5.10. The van der Waals surface area contributed by atoms with Gasteiger partial charge in [-0.1, -0.05) is 23.7 Å². The van der Waals surface area contributed by atoms with Crippen LogP contribution in [0.15, 0.2) is 49.1 Å². The van der Waals surface area contributed by atoms with Crippen molar-refractivity contribution in [1.82, 2.24) is 15.0 Å². The standard InChI is InChI=1S/C18H18ClN5/c1-12-6-13(2)18(15(19)7-12)24-17-8-16(22-11-23-17)21-10-14-4-3-5-20-9-14/h3-9,11H,10H2,1-2H3,(H2,21,22,23,24). The number of benzene rings is 1. The maximum Gasteiger partial charge on any atom is 0.135 e. The van der Waals surface area contributed by atoms with Crippen LogP contribution in [0, 0.1) is 13.8 Å². The predicted octanol–water partition coefficient (Wildman–Crippen LogP) is 4.50. The summed E-state index contributed by atoms with van der Waals surface area (Å²) in [5, 5.41) is 7.21. The van der Waals surface area contributed by atoms with Crippen LogP contribution < -0.4 is 10.6 Å². The Kier molecular flexibility index (Phi) is 4.91. The smallest absolute Gasteiger partial charge is 0.135 e. The fraction of sp³-hybridized carbons (Fsp3) is 0.167. The fourth-order valence-electron chi connectivity index (χ4n) is 2.42. The molecule has 1 aromatic carbocycles. The van der Waals surface area contributed by atoms with E-state index in [9.17, 15) is 0 Å². The van der Waals surface area contributed by atoms with Gasteiger partial charge >= 0.3 is 0 Å². The summed E-state index contributed by atoms with van der Waals surface area (Å²) in [5.41, 5.74) is 4.15. The van der Waals surface area contributed by atoms with Gasteiger partial charge in [0.15, 0.2) is 0 Å². The number of anilines is 3. The summed E-state index contributed by atoms with van der Waals surface area (Å²) < 4.78 is 0. The Morgan fingerprint density at radius 1 is 1.08 bits per heavy atom. The van der Waals surface area contributed by atoms with Crippen molar-refractivity contribution in [3.05, 3.63) is 70.8 Å². The van der Waals surface area contributed by atoms with Crippen LogP contribution in [0.5, 0.6) is 0 Å². The van der Waals surface area contributed by atoms with E-state index in [0.717, 1.165) is 28.2 Å². The maximum atomic E-state index is 6.34. The number of rotatable bonds is 5. The van der Waals surface area contributed by atoms with Gasteiger partial charge in [0.1, 0.15) is 18.0 Å². The first-order valence-corrected chi connectivity index (χ1v) is 7.98. The molecule has 0 aliphatic carbocycles. The first-order chi connectivity index (χ1) is 11.6. The van der Waals surface area contributed by atoms with E-state index in [1.54, 1.807) is 6.20 Å². The Hall–Kier alpha value is -2.66. The van der Waals surface area contributed by atoms with Crippen LogP contribution in [-0.2, 0) is 6.54 Å². The van der Waals surface area contributed by atoms with Crippen molar-refractivity contribution < 1.29 is 0 Å². The second-order valence-corrected chi connectivity index (χ2v) is 5.97. The number of hydrogen-bond donors (Lipinski definition) is 2. The SMILES string of the molecule is Cc1cc(C)c(Nc2cc(NCc3cccnc3)ncn2)c(Cl)c1. The molecule has 0 radical (unpaired) electrons. The normalized spacial score (nSPS) is 10.5. The molecule has 6 heteroatoms. The molecule has 2 aromatic heterocycles. The highest BCUT2D eigenvalue weighted by Gasteiger charge is 2.07. The molecule has 0 saturated heterocycles. The van der Waals surface area contributed by atoms with Crippen LogP contribution in [-0.4, -0.2) is 15.0 Å². The third-order valence-electron chi connectivity index (χ3n) is 3.55. The highest BCUT2D eigenvalue weighted by Crippen LogP contribution is 2.29. The van der Waals surface area contributed by atoms with E-state index in [2.05, 4.69) is 31.7 Å². The Bertz CT molecular complexity index is 813. The molecule has 3 rings (SSSR count). The lowest BCUT2D eigenvalue weighted by atomic mass is 10.1. The van der Waals surface area contributed by atoms with Gasteiger partial charge in [-0.25, -0.2) is 9.97 Å². The molecule has 5 nitrogen and oxygen atoms in total. The topological polar surface area (TPSA) is 62.7 Å². The first-order valence-electron chi connectivity index (χ1n) is 7.60. The van der Waals surface area contributed by atoms with Crippen molar-refractivity contribution in [1.29, 1.82) is 0 Å². The molecule has 0 atom stereocenters. The van der Waals surface area contributed by atoms with Gasteiger partial charge in [0.25, 0.3) is 0 Å². The second kappa shape index (κ2) is 7.27. The molecule has 0 spiro atoms. The Morgan fingerprint density at radius 2 is 1.92 bits per heavy atom. The second-order valence-electron chi connectivity index (χ2n) is 5.57. The molecule has 122 valence electrons. The molecule has 0 amide bonds. The van der Waals surface area contributed by atoms with E-state index in [-0.39, 0.29) is 0 Å². The Balaban J connectivity index is 1.74. The van der Waals surface area contributed by atoms with Gasteiger partial charge in [-0.3, -0.25) is 4.98 Å². The number of halogens is 1. The van der Waals surface area contributed by atoms with Crippen LogP contribution in [0.25, 0.3) is 0 Å². The minimum absolute atomic E-state index is 0.647. The van der Waals surface area contributed by atoms with E-state index in [1.807, 2.05) is 44.3 Å². The molecule has 0 aliphatic rings. The van der Waals surface area contributed by atoms with Crippen LogP contribution >= 0.6 is 11.6 Å². The zero-order valence-corrected chi connectivity index (χ0v) is 14.3. The first kappa shape index (κ1) is 16.2. The van der Waals surface area contributed by atoms with Gasteiger partial charge in [-0.05, 0) is 42.7 Å². The van der Waals surface area contributed by atoms with Crippen molar-refractivity contribution in [2.75, 3.05) is 10.6 Å². The van der Waals surface area contributed by atoms with Gasteiger partial charge in [0.2, 0.25) is 0 Å². The molecule has 0 aliphatic heterocycles. The number of pyridine rings is 1. The van der Waals surface area contributed by atoms with E-state index in [1.165, 1.54) is 6.33 Å². The maximum absolute atomic E-state index is 6.34. The number of hydrogen-bond acceptors (Lipinski definition) is 5. The zero-order valence-electron chi connectivity index (χ0n) is 13.5.